The highest BCUT2D eigenvalue weighted by Gasteiger charge is 2.15. The standard InChI is InChI=1S/C14H13BrN2O2S/c15-11-6-13-12(18-3-4-19-13)5-9(11)8-20-14-2-1-10(16)7-17-14/h1-2,5-7H,3-4,8,16H2. The van der Waals surface area contributed by atoms with Crippen LogP contribution in [0.15, 0.2) is 40.0 Å². The second-order valence-corrected chi connectivity index (χ2v) is 6.16. The molecule has 0 fully saturated rings. The maximum Gasteiger partial charge on any atom is 0.162 e. The summed E-state index contributed by atoms with van der Waals surface area (Å²) in [5.74, 6) is 2.40. The molecule has 2 aromatic rings. The van der Waals surface area contributed by atoms with E-state index in [0.29, 0.717) is 18.9 Å². The van der Waals surface area contributed by atoms with Gasteiger partial charge in [-0.15, -0.1) is 11.8 Å². The quantitative estimate of drug-likeness (QED) is 0.856. The number of aromatic nitrogens is 1. The summed E-state index contributed by atoms with van der Waals surface area (Å²) in [6.07, 6.45) is 1.67. The fourth-order valence-electron chi connectivity index (χ4n) is 1.85. The predicted molar refractivity (Wildman–Crippen MR) is 83.3 cm³/mol. The van der Waals surface area contributed by atoms with Gasteiger partial charge in [0, 0.05) is 10.2 Å². The van der Waals surface area contributed by atoms with Crippen LogP contribution in [-0.2, 0) is 5.75 Å². The molecular formula is C14H13BrN2O2S. The van der Waals surface area contributed by atoms with Crippen LogP contribution >= 0.6 is 27.7 Å². The summed E-state index contributed by atoms with van der Waals surface area (Å²) in [5, 5.41) is 0.945. The van der Waals surface area contributed by atoms with Crippen LogP contribution in [0.25, 0.3) is 0 Å². The van der Waals surface area contributed by atoms with Gasteiger partial charge in [-0.05, 0) is 29.8 Å². The third-order valence-corrected chi connectivity index (χ3v) is 4.58. The van der Waals surface area contributed by atoms with Crippen molar-refractivity contribution in [2.75, 3.05) is 18.9 Å². The van der Waals surface area contributed by atoms with Crippen molar-refractivity contribution in [3.63, 3.8) is 0 Å². The number of hydrogen-bond donors (Lipinski definition) is 1. The minimum Gasteiger partial charge on any atom is -0.486 e. The van der Waals surface area contributed by atoms with E-state index < -0.39 is 0 Å². The molecule has 0 atom stereocenters. The number of fused-ring (bicyclic) bond motifs is 1. The topological polar surface area (TPSA) is 57.4 Å². The molecule has 104 valence electrons. The monoisotopic (exact) mass is 352 g/mol. The van der Waals surface area contributed by atoms with E-state index in [2.05, 4.69) is 20.9 Å². The highest BCUT2D eigenvalue weighted by molar-refractivity contribution is 9.10. The lowest BCUT2D eigenvalue weighted by molar-refractivity contribution is 0.171. The molecule has 2 N–H and O–H groups in total. The van der Waals surface area contributed by atoms with E-state index in [4.69, 9.17) is 15.2 Å². The first kappa shape index (κ1) is 13.6. The van der Waals surface area contributed by atoms with Gasteiger partial charge >= 0.3 is 0 Å². The van der Waals surface area contributed by atoms with Crippen molar-refractivity contribution in [3.05, 3.63) is 40.5 Å². The number of nitrogen functional groups attached to an aromatic ring is 1. The zero-order valence-electron chi connectivity index (χ0n) is 10.6. The summed E-state index contributed by atoms with van der Waals surface area (Å²) in [6.45, 7) is 1.20. The number of anilines is 1. The molecule has 0 radical (unpaired) electrons. The van der Waals surface area contributed by atoms with Crippen LogP contribution < -0.4 is 15.2 Å². The molecule has 1 aromatic heterocycles. The van der Waals surface area contributed by atoms with Crippen molar-refractivity contribution in [1.82, 2.24) is 4.98 Å². The average Bonchev–Trinajstić information content (AvgIpc) is 2.47. The fourth-order valence-corrected chi connectivity index (χ4v) is 3.33. The molecule has 20 heavy (non-hydrogen) atoms. The maximum absolute atomic E-state index is 5.62. The molecule has 0 spiro atoms. The van der Waals surface area contributed by atoms with Crippen LogP contribution in [0.2, 0.25) is 0 Å². The van der Waals surface area contributed by atoms with E-state index in [1.54, 1.807) is 18.0 Å². The van der Waals surface area contributed by atoms with Crippen LogP contribution in [0.1, 0.15) is 5.56 Å². The minimum atomic E-state index is 0.598. The number of halogens is 1. The SMILES string of the molecule is Nc1ccc(SCc2cc3c(cc2Br)OCCO3)nc1. The second kappa shape index (κ2) is 5.93. The van der Waals surface area contributed by atoms with Crippen LogP contribution in [0, 0.1) is 0 Å². The van der Waals surface area contributed by atoms with E-state index in [9.17, 15) is 0 Å². The molecule has 1 aliphatic rings. The minimum absolute atomic E-state index is 0.598. The van der Waals surface area contributed by atoms with Gasteiger partial charge in [0.1, 0.15) is 13.2 Å². The van der Waals surface area contributed by atoms with E-state index in [1.807, 2.05) is 24.3 Å². The Hall–Kier alpha value is -1.40. The Labute approximate surface area is 129 Å². The van der Waals surface area contributed by atoms with Gasteiger partial charge in [-0.25, -0.2) is 4.98 Å². The Balaban J connectivity index is 1.75. The molecule has 4 nitrogen and oxygen atoms in total. The Morgan fingerprint density at radius 1 is 1.20 bits per heavy atom. The molecule has 1 aromatic carbocycles. The van der Waals surface area contributed by atoms with Crippen LogP contribution in [-0.4, -0.2) is 18.2 Å². The summed E-state index contributed by atoms with van der Waals surface area (Å²) >= 11 is 5.23. The smallest absolute Gasteiger partial charge is 0.162 e. The van der Waals surface area contributed by atoms with Gasteiger partial charge in [-0.3, -0.25) is 0 Å². The Morgan fingerprint density at radius 3 is 2.65 bits per heavy atom. The van der Waals surface area contributed by atoms with Gasteiger partial charge in [0.05, 0.1) is 16.9 Å². The normalized spacial score (nSPS) is 13.2. The lowest BCUT2D eigenvalue weighted by Crippen LogP contribution is -2.15. The number of benzene rings is 1. The Bertz CT molecular complexity index is 619. The second-order valence-electron chi connectivity index (χ2n) is 4.31. The van der Waals surface area contributed by atoms with Crippen LogP contribution in [0.4, 0.5) is 5.69 Å². The number of ether oxygens (including phenoxy) is 2. The van der Waals surface area contributed by atoms with Gasteiger partial charge < -0.3 is 15.2 Å². The summed E-state index contributed by atoms with van der Waals surface area (Å²) in [6, 6.07) is 7.75. The van der Waals surface area contributed by atoms with Crippen molar-refractivity contribution in [3.8, 4) is 11.5 Å². The summed E-state index contributed by atoms with van der Waals surface area (Å²) in [5.41, 5.74) is 7.45. The zero-order chi connectivity index (χ0) is 13.9. The fraction of sp³-hybridized carbons (Fsp3) is 0.214. The van der Waals surface area contributed by atoms with Crippen molar-refractivity contribution < 1.29 is 9.47 Å². The number of rotatable bonds is 3. The molecule has 6 heteroatoms. The molecule has 0 aliphatic carbocycles. The largest absolute Gasteiger partial charge is 0.486 e. The van der Waals surface area contributed by atoms with Gasteiger partial charge in [0.15, 0.2) is 11.5 Å². The van der Waals surface area contributed by atoms with Crippen molar-refractivity contribution in [1.29, 1.82) is 0 Å². The Kier molecular flexibility index (Phi) is 4.03. The molecule has 1 aliphatic heterocycles. The molecule has 3 rings (SSSR count). The zero-order valence-corrected chi connectivity index (χ0v) is 13.0. The van der Waals surface area contributed by atoms with Crippen LogP contribution in [0.5, 0.6) is 11.5 Å². The highest BCUT2D eigenvalue weighted by Crippen LogP contribution is 2.37. The maximum atomic E-state index is 5.62. The summed E-state index contributed by atoms with van der Waals surface area (Å²) in [4.78, 5) is 4.28. The van der Waals surface area contributed by atoms with E-state index in [1.165, 1.54) is 0 Å². The number of nitrogens with two attached hydrogens (primary N) is 1. The van der Waals surface area contributed by atoms with E-state index >= 15 is 0 Å². The molecule has 2 heterocycles. The number of hydrogen-bond acceptors (Lipinski definition) is 5. The molecule has 0 saturated heterocycles. The van der Waals surface area contributed by atoms with Crippen molar-refractivity contribution >= 4 is 33.4 Å². The number of nitrogens with zero attached hydrogens (tertiary/aromatic N) is 1. The van der Waals surface area contributed by atoms with Crippen molar-refractivity contribution in [2.24, 2.45) is 0 Å². The first-order valence-corrected chi connectivity index (χ1v) is 7.92. The number of thioether (sulfide) groups is 1. The summed E-state index contributed by atoms with van der Waals surface area (Å²) < 4.78 is 12.2. The predicted octanol–water partition coefficient (Wildman–Crippen LogP) is 3.49. The van der Waals surface area contributed by atoms with Gasteiger partial charge in [-0.1, -0.05) is 15.9 Å². The van der Waals surface area contributed by atoms with Gasteiger partial charge in [0.2, 0.25) is 0 Å². The van der Waals surface area contributed by atoms with Crippen molar-refractivity contribution in [2.45, 2.75) is 10.8 Å². The molecular weight excluding hydrogens is 340 g/mol. The Morgan fingerprint density at radius 2 is 1.95 bits per heavy atom. The first-order valence-electron chi connectivity index (χ1n) is 6.15. The first-order chi connectivity index (χ1) is 9.72. The van der Waals surface area contributed by atoms with E-state index in [0.717, 1.165) is 32.3 Å². The lowest BCUT2D eigenvalue weighted by atomic mass is 10.2. The highest BCUT2D eigenvalue weighted by atomic mass is 79.9. The molecule has 0 unspecified atom stereocenters. The average molecular weight is 353 g/mol. The summed E-state index contributed by atoms with van der Waals surface area (Å²) in [7, 11) is 0. The van der Waals surface area contributed by atoms with Gasteiger partial charge in [-0.2, -0.15) is 0 Å². The molecule has 0 saturated carbocycles. The van der Waals surface area contributed by atoms with E-state index in [-0.39, 0.29) is 0 Å². The lowest BCUT2D eigenvalue weighted by Gasteiger charge is -2.19. The molecule has 0 bridgehead atoms. The van der Waals surface area contributed by atoms with Crippen LogP contribution in [0.3, 0.4) is 0 Å². The van der Waals surface area contributed by atoms with Gasteiger partial charge in [0.25, 0.3) is 0 Å². The number of pyridine rings is 1. The molecule has 0 amide bonds. The third-order valence-electron chi connectivity index (χ3n) is 2.85. The third kappa shape index (κ3) is 3.02.